The van der Waals surface area contributed by atoms with E-state index in [0.29, 0.717) is 55.4 Å². The van der Waals surface area contributed by atoms with Crippen molar-refractivity contribution in [3.05, 3.63) is 81.9 Å². The molecule has 1 aromatic heterocycles. The Bertz CT molecular complexity index is 1670. The number of aromatic nitrogens is 1. The number of benzene rings is 2. The molecule has 1 aliphatic heterocycles. The summed E-state index contributed by atoms with van der Waals surface area (Å²) in [6.45, 7) is 4.43. The van der Waals surface area contributed by atoms with Gasteiger partial charge in [-0.1, -0.05) is 33.3 Å². The van der Waals surface area contributed by atoms with Gasteiger partial charge in [-0.05, 0) is 65.7 Å². The van der Waals surface area contributed by atoms with E-state index in [2.05, 4.69) is 36.9 Å². The van der Waals surface area contributed by atoms with E-state index in [9.17, 15) is 9.59 Å². The van der Waals surface area contributed by atoms with Crippen molar-refractivity contribution in [2.75, 3.05) is 26.9 Å². The Kier molecular flexibility index (Phi) is 9.27. The molecule has 12 heteroatoms. The van der Waals surface area contributed by atoms with Crippen molar-refractivity contribution in [1.29, 1.82) is 5.26 Å². The SMILES string of the molecule is CCOc1ccc([C@@H]2C(C(=O)OC)=CN=c3s/c(=C/c4cc(Br)cc(Br)c4OCC#N)c(=O)n32)cc1OCC. The molecule has 0 saturated heterocycles. The molecule has 4 rings (SSSR count). The van der Waals surface area contributed by atoms with Crippen molar-refractivity contribution >= 4 is 55.2 Å². The third-order valence-electron chi connectivity index (χ3n) is 5.61. The number of esters is 1. The Balaban J connectivity index is 1.93. The van der Waals surface area contributed by atoms with E-state index in [4.69, 9.17) is 24.2 Å². The summed E-state index contributed by atoms with van der Waals surface area (Å²) < 4.78 is 25.3. The lowest BCUT2D eigenvalue weighted by atomic mass is 9.97. The van der Waals surface area contributed by atoms with Crippen LogP contribution in [0, 0.1) is 11.3 Å². The summed E-state index contributed by atoms with van der Waals surface area (Å²) >= 11 is 8.09. The van der Waals surface area contributed by atoms with Gasteiger partial charge in [-0.2, -0.15) is 5.26 Å². The van der Waals surface area contributed by atoms with Crippen LogP contribution in [-0.2, 0) is 9.53 Å². The zero-order valence-corrected chi connectivity index (χ0v) is 25.2. The zero-order valence-electron chi connectivity index (χ0n) is 21.2. The van der Waals surface area contributed by atoms with Crippen molar-refractivity contribution < 1.29 is 23.7 Å². The van der Waals surface area contributed by atoms with Crippen LogP contribution in [0.4, 0.5) is 0 Å². The van der Waals surface area contributed by atoms with Gasteiger partial charge in [0, 0.05) is 16.2 Å². The molecule has 2 aromatic carbocycles. The van der Waals surface area contributed by atoms with Crippen LogP contribution in [0.3, 0.4) is 0 Å². The number of fused-ring (bicyclic) bond motifs is 1. The molecule has 39 heavy (non-hydrogen) atoms. The van der Waals surface area contributed by atoms with E-state index < -0.39 is 12.0 Å². The number of ether oxygens (including phenoxy) is 4. The van der Waals surface area contributed by atoms with E-state index in [0.717, 1.165) is 4.47 Å². The molecule has 9 nitrogen and oxygen atoms in total. The minimum absolute atomic E-state index is 0.162. The number of nitrogens with zero attached hydrogens (tertiary/aromatic N) is 3. The summed E-state index contributed by atoms with van der Waals surface area (Å²) in [5.41, 5.74) is 1.06. The van der Waals surface area contributed by atoms with E-state index >= 15 is 0 Å². The molecule has 0 bridgehead atoms. The molecule has 0 fully saturated rings. The number of hydrogen-bond donors (Lipinski definition) is 0. The van der Waals surface area contributed by atoms with Crippen LogP contribution < -0.4 is 29.1 Å². The van der Waals surface area contributed by atoms with Gasteiger partial charge in [0.1, 0.15) is 11.8 Å². The molecule has 0 saturated carbocycles. The second kappa shape index (κ2) is 12.6. The molecular weight excluding hydrogens is 654 g/mol. The quantitative estimate of drug-likeness (QED) is 0.312. The standard InChI is InChI=1S/C27H23Br2N3O6S/c1-4-36-20-7-6-15(11-21(20)37-5-2)23-18(26(34)35-3)14-31-27-32(23)25(33)22(39-27)12-16-10-17(28)13-19(29)24(16)38-9-8-30/h6-7,10-14,23H,4-5,9H2,1-3H3/b22-12+/t23-/m1/s1. The van der Waals surface area contributed by atoms with Gasteiger partial charge in [-0.25, -0.2) is 9.79 Å². The summed E-state index contributed by atoms with van der Waals surface area (Å²) in [7, 11) is 1.28. The smallest absolute Gasteiger partial charge is 0.337 e. The second-order valence-corrected chi connectivity index (χ2v) is 10.8. The number of nitriles is 1. The predicted molar refractivity (Wildman–Crippen MR) is 153 cm³/mol. The van der Waals surface area contributed by atoms with Crippen molar-refractivity contribution in [2.45, 2.75) is 19.9 Å². The van der Waals surface area contributed by atoms with Crippen LogP contribution in [0.5, 0.6) is 17.2 Å². The van der Waals surface area contributed by atoms with Gasteiger partial charge in [-0.3, -0.25) is 9.36 Å². The fraction of sp³-hybridized carbons (Fsp3) is 0.259. The van der Waals surface area contributed by atoms with Gasteiger partial charge in [-0.15, -0.1) is 0 Å². The van der Waals surface area contributed by atoms with Crippen LogP contribution in [0.15, 0.2) is 60.8 Å². The third kappa shape index (κ3) is 5.95. The number of halogens is 2. The van der Waals surface area contributed by atoms with Crippen LogP contribution in [0.2, 0.25) is 0 Å². The first-order valence-electron chi connectivity index (χ1n) is 11.8. The highest BCUT2D eigenvalue weighted by molar-refractivity contribution is 9.11. The number of rotatable bonds is 9. The van der Waals surface area contributed by atoms with Crippen LogP contribution >= 0.6 is 43.2 Å². The summed E-state index contributed by atoms with van der Waals surface area (Å²) in [5, 5.41) is 9.00. The topological polar surface area (TPSA) is 112 Å². The minimum Gasteiger partial charge on any atom is -0.490 e. The molecule has 0 N–H and O–H groups in total. The maximum absolute atomic E-state index is 13.9. The molecular formula is C27H23Br2N3O6S. The second-order valence-electron chi connectivity index (χ2n) is 8.00. The molecule has 202 valence electrons. The maximum atomic E-state index is 13.9. The Morgan fingerprint density at radius 1 is 1.15 bits per heavy atom. The minimum atomic E-state index is -0.811. The molecule has 0 unspecified atom stereocenters. The summed E-state index contributed by atoms with van der Waals surface area (Å²) in [4.78, 5) is 31.5. The fourth-order valence-electron chi connectivity index (χ4n) is 4.07. The highest BCUT2D eigenvalue weighted by atomic mass is 79.9. The zero-order chi connectivity index (χ0) is 28.1. The number of thiazole rings is 1. The highest BCUT2D eigenvalue weighted by Gasteiger charge is 2.31. The monoisotopic (exact) mass is 675 g/mol. The normalized spacial score (nSPS) is 14.5. The van der Waals surface area contributed by atoms with Crippen molar-refractivity contribution in [1.82, 2.24) is 4.57 Å². The highest BCUT2D eigenvalue weighted by Crippen LogP contribution is 2.36. The third-order valence-corrected chi connectivity index (χ3v) is 7.66. The first-order valence-corrected chi connectivity index (χ1v) is 14.2. The van der Waals surface area contributed by atoms with Gasteiger partial charge < -0.3 is 18.9 Å². The molecule has 1 atom stereocenters. The van der Waals surface area contributed by atoms with Gasteiger partial charge >= 0.3 is 5.97 Å². The van der Waals surface area contributed by atoms with Crippen molar-refractivity contribution in [3.63, 3.8) is 0 Å². The first-order chi connectivity index (χ1) is 18.8. The first kappa shape index (κ1) is 28.6. The lowest BCUT2D eigenvalue weighted by molar-refractivity contribution is -0.136. The van der Waals surface area contributed by atoms with E-state index in [1.807, 2.05) is 19.9 Å². The Hall–Kier alpha value is -3.40. The molecule has 1 aliphatic rings. The fourth-order valence-corrected chi connectivity index (χ4v) is 6.41. The lowest BCUT2D eigenvalue weighted by Crippen LogP contribution is -2.39. The molecule has 0 aliphatic carbocycles. The predicted octanol–water partition coefficient (Wildman–Crippen LogP) is 4.24. The van der Waals surface area contributed by atoms with Crippen LogP contribution in [0.1, 0.15) is 31.0 Å². The average molecular weight is 677 g/mol. The number of carbonyl (C=O) groups is 1. The number of carbonyl (C=O) groups excluding carboxylic acids is 1. The Labute approximate surface area is 244 Å². The molecule has 0 radical (unpaired) electrons. The largest absolute Gasteiger partial charge is 0.490 e. The van der Waals surface area contributed by atoms with E-state index in [1.165, 1.54) is 29.2 Å². The molecule has 2 heterocycles. The Morgan fingerprint density at radius 2 is 1.90 bits per heavy atom. The van der Waals surface area contributed by atoms with E-state index in [-0.39, 0.29) is 17.7 Å². The maximum Gasteiger partial charge on any atom is 0.337 e. The number of hydrogen-bond acceptors (Lipinski definition) is 9. The van der Waals surface area contributed by atoms with Gasteiger partial charge in [0.2, 0.25) is 0 Å². The van der Waals surface area contributed by atoms with Crippen LogP contribution in [-0.4, -0.2) is 37.5 Å². The van der Waals surface area contributed by atoms with Gasteiger partial charge in [0.15, 0.2) is 22.9 Å². The lowest BCUT2D eigenvalue weighted by Gasteiger charge is -2.23. The summed E-state index contributed by atoms with van der Waals surface area (Å²) in [6.07, 6.45) is 3.11. The Morgan fingerprint density at radius 3 is 2.59 bits per heavy atom. The van der Waals surface area contributed by atoms with Gasteiger partial charge in [0.25, 0.3) is 5.56 Å². The van der Waals surface area contributed by atoms with E-state index in [1.54, 1.807) is 36.4 Å². The van der Waals surface area contributed by atoms with Gasteiger partial charge in [0.05, 0.1) is 40.9 Å². The molecule has 0 amide bonds. The van der Waals surface area contributed by atoms with Crippen molar-refractivity contribution in [3.8, 4) is 23.3 Å². The molecule has 0 spiro atoms. The number of methoxy groups -OCH3 is 1. The average Bonchev–Trinajstić information content (AvgIpc) is 3.23. The van der Waals surface area contributed by atoms with Crippen molar-refractivity contribution in [2.24, 2.45) is 4.99 Å². The molecule has 3 aromatic rings. The summed E-state index contributed by atoms with van der Waals surface area (Å²) in [5.74, 6) is 0.876. The van der Waals surface area contributed by atoms with Crippen LogP contribution in [0.25, 0.3) is 6.08 Å². The summed E-state index contributed by atoms with van der Waals surface area (Å²) in [6, 6.07) is 10.0.